The lowest BCUT2D eigenvalue weighted by atomic mass is 10.1. The number of pyridine rings is 1. The van der Waals surface area contributed by atoms with Crippen molar-refractivity contribution in [3.63, 3.8) is 0 Å². The molecular weight excluding hydrogens is 398 g/mol. The number of nitrogens with two attached hydrogens (primary N) is 1. The maximum Gasteiger partial charge on any atom is 0.252 e. The van der Waals surface area contributed by atoms with Gasteiger partial charge >= 0.3 is 0 Å². The van der Waals surface area contributed by atoms with Gasteiger partial charge in [0.05, 0.1) is 11.3 Å². The summed E-state index contributed by atoms with van der Waals surface area (Å²) in [6, 6.07) is 14.5. The second-order valence-electron chi connectivity index (χ2n) is 6.93. The van der Waals surface area contributed by atoms with Crippen LogP contribution in [0.4, 0.5) is 28.6 Å². The largest absolute Gasteiger partial charge is 0.454 e. The summed E-state index contributed by atoms with van der Waals surface area (Å²) in [6.07, 6.45) is 1.43. The average Bonchev–Trinajstić information content (AvgIpc) is 3.20. The number of nitrogens with zero attached hydrogens (tertiary/aromatic N) is 2. The van der Waals surface area contributed by atoms with E-state index in [4.69, 9.17) is 15.2 Å². The highest BCUT2D eigenvalue weighted by Gasteiger charge is 2.19. The Balaban J connectivity index is 1.65. The first-order valence-electron chi connectivity index (χ1n) is 9.48. The Bertz CT molecular complexity index is 1160. The third-order valence-electron chi connectivity index (χ3n) is 4.71. The third kappa shape index (κ3) is 4.35. The Morgan fingerprint density at radius 2 is 1.84 bits per heavy atom. The maximum atomic E-state index is 12.0. The summed E-state index contributed by atoms with van der Waals surface area (Å²) in [6.45, 7) is 1.62. The van der Waals surface area contributed by atoms with Gasteiger partial charge < -0.3 is 30.7 Å². The predicted molar refractivity (Wildman–Crippen MR) is 117 cm³/mol. The Labute approximate surface area is 178 Å². The third-order valence-corrected chi connectivity index (χ3v) is 4.71. The van der Waals surface area contributed by atoms with Crippen LogP contribution in [0.3, 0.4) is 0 Å². The molecule has 0 fully saturated rings. The van der Waals surface area contributed by atoms with Gasteiger partial charge in [0.25, 0.3) is 5.91 Å². The zero-order chi connectivity index (χ0) is 22.0. The minimum Gasteiger partial charge on any atom is -0.454 e. The number of hydrogen-bond donors (Lipinski definition) is 3. The Morgan fingerprint density at radius 3 is 2.61 bits per heavy atom. The predicted octanol–water partition coefficient (Wildman–Crippen LogP) is 3.38. The zero-order valence-electron chi connectivity index (χ0n) is 17.0. The number of ether oxygens (including phenoxy) is 2. The minimum atomic E-state index is -0.589. The number of amides is 2. The molecule has 2 heterocycles. The van der Waals surface area contributed by atoms with Crippen LogP contribution in [0, 0.1) is 0 Å². The van der Waals surface area contributed by atoms with E-state index >= 15 is 0 Å². The SMILES string of the molecule is CC(=O)Nc1cccc(Nc2cc(N(C)c3ccc4c(c3)OCO4)c(C(N)=O)cn2)c1. The number of benzene rings is 2. The van der Waals surface area contributed by atoms with Crippen LogP contribution in [0.5, 0.6) is 11.5 Å². The van der Waals surface area contributed by atoms with Gasteiger partial charge in [-0.1, -0.05) is 6.07 Å². The lowest BCUT2D eigenvalue weighted by molar-refractivity contribution is -0.114. The molecule has 9 nitrogen and oxygen atoms in total. The summed E-state index contributed by atoms with van der Waals surface area (Å²) < 4.78 is 10.8. The van der Waals surface area contributed by atoms with Crippen molar-refractivity contribution in [2.24, 2.45) is 5.73 Å². The topological polar surface area (TPSA) is 119 Å². The number of carbonyl (C=O) groups is 2. The van der Waals surface area contributed by atoms with E-state index in [-0.39, 0.29) is 18.3 Å². The molecule has 9 heteroatoms. The van der Waals surface area contributed by atoms with Gasteiger partial charge in [-0.25, -0.2) is 4.98 Å². The van der Waals surface area contributed by atoms with Crippen molar-refractivity contribution < 1.29 is 19.1 Å². The highest BCUT2D eigenvalue weighted by atomic mass is 16.7. The number of fused-ring (bicyclic) bond motifs is 1. The second-order valence-corrected chi connectivity index (χ2v) is 6.93. The maximum absolute atomic E-state index is 12.0. The highest BCUT2D eigenvalue weighted by Crippen LogP contribution is 2.38. The van der Waals surface area contributed by atoms with Gasteiger partial charge in [-0.3, -0.25) is 9.59 Å². The first-order chi connectivity index (χ1) is 14.9. The van der Waals surface area contributed by atoms with Crippen molar-refractivity contribution in [1.82, 2.24) is 4.98 Å². The number of anilines is 5. The van der Waals surface area contributed by atoms with Crippen LogP contribution in [-0.2, 0) is 4.79 Å². The molecular formula is C22H21N5O4. The lowest BCUT2D eigenvalue weighted by Crippen LogP contribution is -2.19. The van der Waals surface area contributed by atoms with Crippen molar-refractivity contribution in [3.05, 3.63) is 60.3 Å². The Kier molecular flexibility index (Phi) is 5.31. The second kappa shape index (κ2) is 8.23. The standard InChI is InChI=1S/C22H21N5O4/c1-13(28)25-14-4-3-5-15(8-14)26-21-10-18(17(11-24-21)22(23)29)27(2)16-6-7-19-20(9-16)31-12-30-19/h3-11H,12H2,1-2H3,(H2,23,29)(H,24,26)(H,25,28). The molecule has 31 heavy (non-hydrogen) atoms. The molecule has 1 aliphatic heterocycles. The van der Waals surface area contributed by atoms with Gasteiger partial charge in [0.15, 0.2) is 11.5 Å². The van der Waals surface area contributed by atoms with E-state index in [1.165, 1.54) is 13.1 Å². The summed E-state index contributed by atoms with van der Waals surface area (Å²) in [4.78, 5) is 29.4. The normalized spacial score (nSPS) is 11.7. The number of primary amides is 1. The zero-order valence-corrected chi connectivity index (χ0v) is 17.0. The smallest absolute Gasteiger partial charge is 0.252 e. The van der Waals surface area contributed by atoms with Crippen molar-refractivity contribution in [2.75, 3.05) is 29.4 Å². The molecule has 0 radical (unpaired) electrons. The molecule has 1 aromatic heterocycles. The molecule has 0 saturated heterocycles. The molecule has 0 atom stereocenters. The number of carbonyl (C=O) groups excluding carboxylic acids is 2. The van der Waals surface area contributed by atoms with E-state index in [1.54, 1.807) is 18.2 Å². The molecule has 4 N–H and O–H groups in total. The fraction of sp³-hybridized carbons (Fsp3) is 0.136. The number of aromatic nitrogens is 1. The molecule has 0 unspecified atom stereocenters. The molecule has 0 saturated carbocycles. The van der Waals surface area contributed by atoms with Gasteiger partial charge in [0.2, 0.25) is 12.7 Å². The van der Waals surface area contributed by atoms with Gasteiger partial charge in [-0.05, 0) is 30.3 Å². The van der Waals surface area contributed by atoms with E-state index in [9.17, 15) is 9.59 Å². The Morgan fingerprint density at radius 1 is 1.06 bits per heavy atom. The fourth-order valence-electron chi connectivity index (χ4n) is 3.24. The number of rotatable bonds is 6. The summed E-state index contributed by atoms with van der Waals surface area (Å²) in [5.74, 6) is 1.06. The van der Waals surface area contributed by atoms with Crippen molar-refractivity contribution in [1.29, 1.82) is 0 Å². The average molecular weight is 419 g/mol. The summed E-state index contributed by atoms with van der Waals surface area (Å²) >= 11 is 0. The Hall–Kier alpha value is -4.27. The first kappa shape index (κ1) is 20.0. The van der Waals surface area contributed by atoms with E-state index in [1.807, 2.05) is 42.3 Å². The highest BCUT2D eigenvalue weighted by molar-refractivity contribution is 6.00. The van der Waals surface area contributed by atoms with E-state index in [0.29, 0.717) is 28.7 Å². The van der Waals surface area contributed by atoms with Crippen molar-refractivity contribution in [3.8, 4) is 11.5 Å². The van der Waals surface area contributed by atoms with E-state index in [2.05, 4.69) is 15.6 Å². The molecule has 158 valence electrons. The van der Waals surface area contributed by atoms with Crippen LogP contribution < -0.4 is 30.7 Å². The van der Waals surface area contributed by atoms with Crippen LogP contribution in [0.2, 0.25) is 0 Å². The number of nitrogens with one attached hydrogen (secondary N) is 2. The lowest BCUT2D eigenvalue weighted by Gasteiger charge is -2.22. The van der Waals surface area contributed by atoms with Gasteiger partial charge in [-0.2, -0.15) is 0 Å². The van der Waals surface area contributed by atoms with Gasteiger partial charge in [-0.15, -0.1) is 0 Å². The van der Waals surface area contributed by atoms with Gasteiger partial charge in [0, 0.05) is 49.4 Å². The monoisotopic (exact) mass is 419 g/mol. The van der Waals surface area contributed by atoms with Crippen LogP contribution in [-0.4, -0.2) is 30.6 Å². The fourth-order valence-corrected chi connectivity index (χ4v) is 3.24. The molecule has 4 rings (SSSR count). The molecule has 0 spiro atoms. The molecule has 2 aromatic carbocycles. The van der Waals surface area contributed by atoms with Crippen LogP contribution in [0.15, 0.2) is 54.7 Å². The number of hydrogen-bond acceptors (Lipinski definition) is 7. The van der Waals surface area contributed by atoms with E-state index in [0.717, 1.165) is 11.4 Å². The van der Waals surface area contributed by atoms with E-state index < -0.39 is 5.91 Å². The summed E-state index contributed by atoms with van der Waals surface area (Å²) in [5, 5.41) is 5.92. The molecule has 0 bridgehead atoms. The minimum absolute atomic E-state index is 0.159. The molecule has 3 aromatic rings. The molecule has 0 aliphatic carbocycles. The molecule has 1 aliphatic rings. The van der Waals surface area contributed by atoms with Gasteiger partial charge in [0.1, 0.15) is 5.82 Å². The van der Waals surface area contributed by atoms with Crippen LogP contribution in [0.1, 0.15) is 17.3 Å². The first-order valence-corrected chi connectivity index (χ1v) is 9.48. The molecule has 2 amide bonds. The van der Waals surface area contributed by atoms with Crippen molar-refractivity contribution in [2.45, 2.75) is 6.92 Å². The quantitative estimate of drug-likeness (QED) is 0.560. The van der Waals surface area contributed by atoms with Crippen LogP contribution >= 0.6 is 0 Å². The van der Waals surface area contributed by atoms with Crippen molar-refractivity contribution >= 4 is 40.4 Å². The summed E-state index contributed by atoms with van der Waals surface area (Å²) in [5.41, 5.74) is 8.59. The summed E-state index contributed by atoms with van der Waals surface area (Å²) in [7, 11) is 1.82. The van der Waals surface area contributed by atoms with Crippen LogP contribution in [0.25, 0.3) is 0 Å².